The molecule has 3 rings (SSSR count). The third-order valence-electron chi connectivity index (χ3n) is 4.28. The first kappa shape index (κ1) is 14.7. The van der Waals surface area contributed by atoms with Crippen molar-refractivity contribution in [2.75, 3.05) is 13.2 Å². The zero-order valence-corrected chi connectivity index (χ0v) is 11.6. The van der Waals surface area contributed by atoms with Gasteiger partial charge in [0, 0.05) is 6.54 Å². The van der Waals surface area contributed by atoms with Gasteiger partial charge in [0.1, 0.15) is 5.75 Å². The molecule has 6 heteroatoms. The fourth-order valence-electron chi connectivity index (χ4n) is 3.45. The van der Waals surface area contributed by atoms with Crippen LogP contribution < -0.4 is 10.1 Å². The van der Waals surface area contributed by atoms with Crippen LogP contribution in [0.1, 0.15) is 31.2 Å². The molecule has 2 atom stereocenters. The highest BCUT2D eigenvalue weighted by Crippen LogP contribution is 2.41. The van der Waals surface area contributed by atoms with Crippen molar-refractivity contribution in [3.8, 4) is 5.75 Å². The lowest BCUT2D eigenvalue weighted by molar-refractivity contribution is -0.274. The predicted octanol–water partition coefficient (Wildman–Crippen LogP) is 3.34. The van der Waals surface area contributed by atoms with E-state index in [4.69, 9.17) is 4.74 Å². The normalized spacial score (nSPS) is 29.8. The molecule has 1 aromatic carbocycles. The lowest BCUT2D eigenvalue weighted by Crippen LogP contribution is -2.59. The Morgan fingerprint density at radius 2 is 2.14 bits per heavy atom. The maximum Gasteiger partial charge on any atom is 0.573 e. The molecule has 116 valence electrons. The molecule has 21 heavy (non-hydrogen) atoms. The number of alkyl halides is 3. The first-order valence-corrected chi connectivity index (χ1v) is 7.22. The van der Waals surface area contributed by atoms with Crippen molar-refractivity contribution in [1.29, 1.82) is 0 Å². The highest BCUT2D eigenvalue weighted by Gasteiger charge is 2.45. The molecule has 0 bridgehead atoms. The van der Waals surface area contributed by atoms with Gasteiger partial charge in [-0.25, -0.2) is 0 Å². The summed E-state index contributed by atoms with van der Waals surface area (Å²) in [6, 6.07) is 6.26. The fourth-order valence-corrected chi connectivity index (χ4v) is 3.45. The van der Waals surface area contributed by atoms with Crippen LogP contribution in [0, 0.1) is 0 Å². The quantitative estimate of drug-likeness (QED) is 0.909. The number of halogens is 3. The summed E-state index contributed by atoms with van der Waals surface area (Å²) in [5.41, 5.74) is 0.426. The maximum absolute atomic E-state index is 12.4. The molecule has 0 aromatic heterocycles. The van der Waals surface area contributed by atoms with Gasteiger partial charge in [-0.05, 0) is 30.5 Å². The third-order valence-corrected chi connectivity index (χ3v) is 4.28. The molecule has 1 saturated carbocycles. The summed E-state index contributed by atoms with van der Waals surface area (Å²) in [5.74, 6) is -0.175. The van der Waals surface area contributed by atoms with Crippen LogP contribution in [-0.2, 0) is 10.3 Å². The van der Waals surface area contributed by atoms with Crippen molar-refractivity contribution in [2.24, 2.45) is 0 Å². The molecule has 1 aliphatic carbocycles. The summed E-state index contributed by atoms with van der Waals surface area (Å²) in [7, 11) is 0. The highest BCUT2D eigenvalue weighted by molar-refractivity contribution is 5.35. The molecule has 1 aromatic rings. The Hall–Kier alpha value is -1.27. The average molecular weight is 301 g/mol. The first-order chi connectivity index (χ1) is 10.00. The van der Waals surface area contributed by atoms with Gasteiger partial charge in [0.25, 0.3) is 0 Å². The summed E-state index contributed by atoms with van der Waals surface area (Å²) in [4.78, 5) is 0. The summed E-state index contributed by atoms with van der Waals surface area (Å²) in [6.07, 6.45) is -0.728. The SMILES string of the molecule is FC(F)(F)Oc1cccc(C23CCCCC2OCCN3)c1. The zero-order chi connectivity index (χ0) is 14.9. The Morgan fingerprint density at radius 3 is 2.95 bits per heavy atom. The van der Waals surface area contributed by atoms with Gasteiger partial charge in [0.15, 0.2) is 0 Å². The fraction of sp³-hybridized carbons (Fsp3) is 0.600. The number of rotatable bonds is 2. The van der Waals surface area contributed by atoms with Gasteiger partial charge in [-0.2, -0.15) is 0 Å². The molecule has 0 spiro atoms. The van der Waals surface area contributed by atoms with E-state index in [0.717, 1.165) is 31.2 Å². The van der Waals surface area contributed by atoms with Crippen LogP contribution in [0.2, 0.25) is 0 Å². The minimum absolute atomic E-state index is 0.0149. The van der Waals surface area contributed by atoms with Gasteiger partial charge in [-0.3, -0.25) is 0 Å². The van der Waals surface area contributed by atoms with Crippen LogP contribution in [-0.4, -0.2) is 25.6 Å². The molecule has 0 amide bonds. The van der Waals surface area contributed by atoms with E-state index < -0.39 is 6.36 Å². The first-order valence-electron chi connectivity index (χ1n) is 7.22. The van der Waals surface area contributed by atoms with Crippen LogP contribution in [0.25, 0.3) is 0 Å². The Kier molecular flexibility index (Phi) is 3.84. The molecule has 1 saturated heterocycles. The second-order valence-corrected chi connectivity index (χ2v) is 5.58. The summed E-state index contributed by atoms with van der Waals surface area (Å²) in [6.45, 7) is 1.35. The third kappa shape index (κ3) is 3.01. The lowest BCUT2D eigenvalue weighted by atomic mass is 9.73. The second kappa shape index (κ2) is 5.50. The summed E-state index contributed by atoms with van der Waals surface area (Å²) < 4.78 is 47.0. The number of nitrogens with one attached hydrogen (secondary N) is 1. The zero-order valence-electron chi connectivity index (χ0n) is 11.6. The van der Waals surface area contributed by atoms with Crippen LogP contribution in [0.5, 0.6) is 5.75 Å². The monoisotopic (exact) mass is 301 g/mol. The van der Waals surface area contributed by atoms with Crippen molar-refractivity contribution in [3.63, 3.8) is 0 Å². The molecule has 2 fully saturated rings. The van der Waals surface area contributed by atoms with E-state index in [0.29, 0.717) is 13.2 Å². The molecule has 3 nitrogen and oxygen atoms in total. The Balaban J connectivity index is 1.92. The van der Waals surface area contributed by atoms with E-state index in [2.05, 4.69) is 10.1 Å². The molecule has 1 N–H and O–H groups in total. The van der Waals surface area contributed by atoms with Gasteiger partial charge >= 0.3 is 6.36 Å². The van der Waals surface area contributed by atoms with E-state index in [9.17, 15) is 13.2 Å². The molecular weight excluding hydrogens is 283 g/mol. The number of hydrogen-bond acceptors (Lipinski definition) is 3. The largest absolute Gasteiger partial charge is 0.573 e. The molecule has 2 unspecified atom stereocenters. The van der Waals surface area contributed by atoms with E-state index in [1.54, 1.807) is 6.07 Å². The molecule has 1 heterocycles. The van der Waals surface area contributed by atoms with Gasteiger partial charge < -0.3 is 14.8 Å². The van der Waals surface area contributed by atoms with Gasteiger partial charge in [-0.1, -0.05) is 25.0 Å². The molecular formula is C15H18F3NO2. The van der Waals surface area contributed by atoms with Crippen molar-refractivity contribution in [2.45, 2.75) is 43.7 Å². The molecule has 0 radical (unpaired) electrons. The maximum atomic E-state index is 12.4. The number of hydrogen-bond donors (Lipinski definition) is 1. The minimum atomic E-state index is -4.67. The highest BCUT2D eigenvalue weighted by atomic mass is 19.4. The van der Waals surface area contributed by atoms with Crippen molar-refractivity contribution in [3.05, 3.63) is 29.8 Å². The lowest BCUT2D eigenvalue weighted by Gasteiger charge is -2.48. The standard InChI is InChI=1S/C15H18F3NO2/c16-15(17,18)21-12-5-3-4-11(10-12)14-7-2-1-6-13(14)20-9-8-19-14/h3-5,10,13,19H,1-2,6-9H2. The number of ether oxygens (including phenoxy) is 2. The summed E-state index contributed by atoms with van der Waals surface area (Å²) in [5, 5.41) is 3.48. The number of morpholine rings is 1. The second-order valence-electron chi connectivity index (χ2n) is 5.58. The summed E-state index contributed by atoms with van der Waals surface area (Å²) >= 11 is 0. The van der Waals surface area contributed by atoms with E-state index >= 15 is 0 Å². The molecule has 2 aliphatic rings. The predicted molar refractivity (Wildman–Crippen MR) is 71.0 cm³/mol. The smallest absolute Gasteiger partial charge is 0.406 e. The van der Waals surface area contributed by atoms with Crippen LogP contribution in [0.15, 0.2) is 24.3 Å². The van der Waals surface area contributed by atoms with E-state index in [1.807, 2.05) is 6.07 Å². The van der Waals surface area contributed by atoms with Crippen LogP contribution >= 0.6 is 0 Å². The van der Waals surface area contributed by atoms with Gasteiger partial charge in [-0.15, -0.1) is 13.2 Å². The minimum Gasteiger partial charge on any atom is -0.406 e. The van der Waals surface area contributed by atoms with Crippen molar-refractivity contribution in [1.82, 2.24) is 5.32 Å². The van der Waals surface area contributed by atoms with Crippen LogP contribution in [0.3, 0.4) is 0 Å². The number of fused-ring (bicyclic) bond motifs is 1. The van der Waals surface area contributed by atoms with E-state index in [-0.39, 0.29) is 17.4 Å². The van der Waals surface area contributed by atoms with Crippen LogP contribution in [0.4, 0.5) is 13.2 Å². The van der Waals surface area contributed by atoms with Crippen molar-refractivity contribution >= 4 is 0 Å². The Labute approximate surface area is 121 Å². The molecule has 1 aliphatic heterocycles. The van der Waals surface area contributed by atoms with Gasteiger partial charge in [0.2, 0.25) is 0 Å². The topological polar surface area (TPSA) is 30.5 Å². The number of benzene rings is 1. The van der Waals surface area contributed by atoms with E-state index in [1.165, 1.54) is 12.1 Å². The van der Waals surface area contributed by atoms with Gasteiger partial charge in [0.05, 0.1) is 18.2 Å². The van der Waals surface area contributed by atoms with Crippen molar-refractivity contribution < 1.29 is 22.6 Å². The average Bonchev–Trinajstić information content (AvgIpc) is 2.46. The Morgan fingerprint density at radius 1 is 1.29 bits per heavy atom. The Bertz CT molecular complexity index is 492.